The second-order valence-electron chi connectivity index (χ2n) is 4.24. The molecular formula is C11H21NO3. The van der Waals surface area contributed by atoms with E-state index < -0.39 is 0 Å². The Morgan fingerprint density at radius 1 is 1.60 bits per heavy atom. The smallest absolute Gasteiger partial charge is 0.225 e. The summed E-state index contributed by atoms with van der Waals surface area (Å²) in [7, 11) is 0. The van der Waals surface area contributed by atoms with Crippen LogP contribution in [-0.4, -0.2) is 41.4 Å². The fourth-order valence-electron chi connectivity index (χ4n) is 2.05. The molecule has 0 aromatic carbocycles. The number of amides is 1. The van der Waals surface area contributed by atoms with Crippen LogP contribution >= 0.6 is 0 Å². The molecule has 0 spiro atoms. The summed E-state index contributed by atoms with van der Waals surface area (Å²) in [6.45, 7) is 6.55. The Bertz CT molecular complexity index is 218. The molecule has 0 unspecified atom stereocenters. The lowest BCUT2D eigenvalue weighted by Crippen LogP contribution is -2.47. The van der Waals surface area contributed by atoms with Crippen molar-refractivity contribution < 1.29 is 14.6 Å². The molecule has 4 nitrogen and oxygen atoms in total. The number of aliphatic hydroxyl groups is 1. The zero-order chi connectivity index (χ0) is 11.4. The first kappa shape index (κ1) is 12.5. The Morgan fingerprint density at radius 3 is 2.73 bits per heavy atom. The number of aliphatic hydroxyl groups excluding tert-OH is 1. The van der Waals surface area contributed by atoms with Gasteiger partial charge in [-0.15, -0.1) is 0 Å². The summed E-state index contributed by atoms with van der Waals surface area (Å²) in [5, 5.41) is 9.31. The molecule has 1 amide bonds. The summed E-state index contributed by atoms with van der Waals surface area (Å²) in [6.07, 6.45) is 1.14. The minimum absolute atomic E-state index is 0.00693. The highest BCUT2D eigenvalue weighted by Crippen LogP contribution is 2.25. The van der Waals surface area contributed by atoms with Crippen molar-refractivity contribution in [3.63, 3.8) is 0 Å². The number of hydrogen-bond donors (Lipinski definition) is 1. The predicted molar refractivity (Wildman–Crippen MR) is 57.2 cm³/mol. The van der Waals surface area contributed by atoms with Crippen LogP contribution in [0.1, 0.15) is 33.6 Å². The third-order valence-electron chi connectivity index (χ3n) is 2.88. The average Bonchev–Trinajstić information content (AvgIpc) is 2.51. The fourth-order valence-corrected chi connectivity index (χ4v) is 2.05. The van der Waals surface area contributed by atoms with Crippen molar-refractivity contribution in [2.75, 3.05) is 13.2 Å². The van der Waals surface area contributed by atoms with Crippen LogP contribution in [0.4, 0.5) is 0 Å². The summed E-state index contributed by atoms with van der Waals surface area (Å²) in [5.41, 5.74) is 0. The maximum atomic E-state index is 11.7. The minimum atomic E-state index is -0.137. The molecule has 0 bridgehead atoms. The first-order valence-corrected chi connectivity index (χ1v) is 5.65. The maximum absolute atomic E-state index is 11.7. The van der Waals surface area contributed by atoms with Crippen molar-refractivity contribution in [3.05, 3.63) is 0 Å². The van der Waals surface area contributed by atoms with E-state index in [4.69, 9.17) is 4.74 Å². The molecule has 4 heteroatoms. The van der Waals surface area contributed by atoms with E-state index in [1.54, 1.807) is 4.90 Å². The highest BCUT2D eigenvalue weighted by molar-refractivity contribution is 5.78. The molecule has 0 aliphatic carbocycles. The van der Waals surface area contributed by atoms with Crippen LogP contribution in [0.5, 0.6) is 0 Å². The van der Waals surface area contributed by atoms with Gasteiger partial charge in [-0.2, -0.15) is 0 Å². The fraction of sp³-hybridized carbons (Fsp3) is 0.909. The minimum Gasteiger partial charge on any atom is -0.394 e. The van der Waals surface area contributed by atoms with E-state index in [9.17, 15) is 9.90 Å². The van der Waals surface area contributed by atoms with Gasteiger partial charge in [-0.3, -0.25) is 4.79 Å². The molecule has 0 aromatic rings. The van der Waals surface area contributed by atoms with Gasteiger partial charge in [-0.25, -0.2) is 0 Å². The van der Waals surface area contributed by atoms with Gasteiger partial charge in [-0.05, 0) is 12.8 Å². The average molecular weight is 215 g/mol. The second-order valence-corrected chi connectivity index (χ2v) is 4.24. The molecular weight excluding hydrogens is 194 g/mol. The number of nitrogens with zero attached hydrogens (tertiary/aromatic N) is 1. The molecule has 0 aromatic heterocycles. The molecule has 1 heterocycles. The van der Waals surface area contributed by atoms with Crippen LogP contribution in [0.2, 0.25) is 0 Å². The SMILES string of the molecule is CCO[C@@H]1CCC(=O)N1[C@H](CO)C(C)C. The standard InChI is InChI=1S/C11H21NO3/c1-4-15-11-6-5-10(14)12(11)9(7-13)8(2)3/h8-9,11,13H,4-7H2,1-3H3/t9-,11-/m1/s1. The van der Waals surface area contributed by atoms with Crippen LogP contribution in [-0.2, 0) is 9.53 Å². The van der Waals surface area contributed by atoms with E-state index in [1.165, 1.54) is 0 Å². The molecule has 0 saturated carbocycles. The molecule has 15 heavy (non-hydrogen) atoms. The van der Waals surface area contributed by atoms with E-state index in [1.807, 2.05) is 20.8 Å². The van der Waals surface area contributed by atoms with E-state index in [-0.39, 0.29) is 30.7 Å². The quantitative estimate of drug-likeness (QED) is 0.744. The van der Waals surface area contributed by atoms with E-state index in [0.717, 1.165) is 6.42 Å². The number of rotatable bonds is 5. The zero-order valence-electron chi connectivity index (χ0n) is 9.77. The molecule has 1 saturated heterocycles. The lowest BCUT2D eigenvalue weighted by atomic mass is 10.0. The summed E-state index contributed by atoms with van der Waals surface area (Å²) in [6, 6.07) is -0.114. The molecule has 1 fully saturated rings. The lowest BCUT2D eigenvalue weighted by Gasteiger charge is -2.34. The Hall–Kier alpha value is -0.610. The zero-order valence-corrected chi connectivity index (χ0v) is 9.77. The Morgan fingerprint density at radius 2 is 2.27 bits per heavy atom. The third-order valence-corrected chi connectivity index (χ3v) is 2.88. The summed E-state index contributed by atoms with van der Waals surface area (Å²) >= 11 is 0. The number of hydrogen-bond acceptors (Lipinski definition) is 3. The predicted octanol–water partition coefficient (Wildman–Crippen LogP) is 0.988. The van der Waals surface area contributed by atoms with E-state index in [0.29, 0.717) is 13.0 Å². The summed E-state index contributed by atoms with van der Waals surface area (Å²) in [5.74, 6) is 0.348. The molecule has 88 valence electrons. The topological polar surface area (TPSA) is 49.8 Å². The molecule has 1 N–H and O–H groups in total. The van der Waals surface area contributed by atoms with Crippen molar-refractivity contribution in [1.82, 2.24) is 4.90 Å². The van der Waals surface area contributed by atoms with Gasteiger partial charge in [0.05, 0.1) is 12.6 Å². The number of carbonyl (C=O) groups excluding carboxylic acids is 1. The van der Waals surface area contributed by atoms with Gasteiger partial charge in [0.2, 0.25) is 5.91 Å². The van der Waals surface area contributed by atoms with Gasteiger partial charge >= 0.3 is 0 Å². The van der Waals surface area contributed by atoms with E-state index >= 15 is 0 Å². The van der Waals surface area contributed by atoms with Crippen LogP contribution < -0.4 is 0 Å². The number of carbonyl (C=O) groups is 1. The van der Waals surface area contributed by atoms with Crippen molar-refractivity contribution in [1.29, 1.82) is 0 Å². The summed E-state index contributed by atoms with van der Waals surface area (Å²) in [4.78, 5) is 13.4. The second kappa shape index (κ2) is 5.47. The first-order valence-electron chi connectivity index (χ1n) is 5.65. The largest absolute Gasteiger partial charge is 0.394 e. The molecule has 1 aliphatic heterocycles. The molecule has 2 atom stereocenters. The monoisotopic (exact) mass is 215 g/mol. The molecule has 1 rings (SSSR count). The number of ether oxygens (including phenoxy) is 1. The Balaban J connectivity index is 2.73. The van der Waals surface area contributed by atoms with Gasteiger partial charge in [-0.1, -0.05) is 13.8 Å². The highest BCUT2D eigenvalue weighted by atomic mass is 16.5. The first-order chi connectivity index (χ1) is 7.11. The van der Waals surface area contributed by atoms with Crippen molar-refractivity contribution >= 4 is 5.91 Å². The maximum Gasteiger partial charge on any atom is 0.225 e. The van der Waals surface area contributed by atoms with Crippen molar-refractivity contribution in [2.24, 2.45) is 5.92 Å². The Kier molecular flexibility index (Phi) is 4.54. The Labute approximate surface area is 91.2 Å². The van der Waals surface area contributed by atoms with Gasteiger partial charge in [0, 0.05) is 19.4 Å². The van der Waals surface area contributed by atoms with Crippen LogP contribution in [0, 0.1) is 5.92 Å². The lowest BCUT2D eigenvalue weighted by molar-refractivity contribution is -0.144. The van der Waals surface area contributed by atoms with Crippen LogP contribution in [0.15, 0.2) is 0 Å². The van der Waals surface area contributed by atoms with Gasteiger partial charge < -0.3 is 14.7 Å². The third kappa shape index (κ3) is 2.69. The molecule has 0 radical (unpaired) electrons. The van der Waals surface area contributed by atoms with Crippen molar-refractivity contribution in [2.45, 2.75) is 45.9 Å². The van der Waals surface area contributed by atoms with Gasteiger partial charge in [0.25, 0.3) is 0 Å². The molecule has 1 aliphatic rings. The van der Waals surface area contributed by atoms with Gasteiger partial charge in [0.15, 0.2) is 0 Å². The summed E-state index contributed by atoms with van der Waals surface area (Å²) < 4.78 is 5.51. The van der Waals surface area contributed by atoms with Crippen LogP contribution in [0.25, 0.3) is 0 Å². The number of likely N-dealkylation sites (tertiary alicyclic amines) is 1. The van der Waals surface area contributed by atoms with Crippen LogP contribution in [0.3, 0.4) is 0 Å². The van der Waals surface area contributed by atoms with Crippen molar-refractivity contribution in [3.8, 4) is 0 Å². The van der Waals surface area contributed by atoms with E-state index in [2.05, 4.69) is 0 Å². The highest BCUT2D eigenvalue weighted by Gasteiger charge is 2.37. The normalized spacial score (nSPS) is 23.9. The van der Waals surface area contributed by atoms with Gasteiger partial charge in [0.1, 0.15) is 6.23 Å².